The molecular weight excluding hydrogens is 220 g/mol. The van der Waals surface area contributed by atoms with Crippen LogP contribution in [0.1, 0.15) is 22.8 Å². The highest BCUT2D eigenvalue weighted by Crippen LogP contribution is 2.05. The molecule has 1 atom stereocenters. The number of benzene rings is 1. The van der Waals surface area contributed by atoms with Crippen LogP contribution in [0.2, 0.25) is 0 Å². The highest BCUT2D eigenvalue weighted by molar-refractivity contribution is 5.89. The number of amides is 1. The average molecular weight is 236 g/mol. The lowest BCUT2D eigenvalue weighted by Gasteiger charge is -2.08. The van der Waals surface area contributed by atoms with Crippen LogP contribution >= 0.6 is 0 Å². The number of nitrogens with two attached hydrogens (primary N) is 1. The summed E-state index contributed by atoms with van der Waals surface area (Å²) >= 11 is 0. The molecule has 0 aliphatic heterocycles. The van der Waals surface area contributed by atoms with Crippen molar-refractivity contribution in [3.63, 3.8) is 0 Å². The van der Waals surface area contributed by atoms with E-state index in [2.05, 4.69) is 10.1 Å². The van der Waals surface area contributed by atoms with E-state index in [1.807, 2.05) is 0 Å². The van der Waals surface area contributed by atoms with E-state index in [0.29, 0.717) is 12.1 Å². The van der Waals surface area contributed by atoms with Gasteiger partial charge in [-0.25, -0.2) is 4.79 Å². The average Bonchev–Trinajstić information content (AvgIpc) is 2.35. The molecule has 5 heteroatoms. The maximum Gasteiger partial charge on any atom is 0.337 e. The van der Waals surface area contributed by atoms with Crippen molar-refractivity contribution in [2.45, 2.75) is 19.5 Å². The van der Waals surface area contributed by atoms with E-state index in [-0.39, 0.29) is 11.9 Å². The summed E-state index contributed by atoms with van der Waals surface area (Å²) in [5.74, 6) is -0.585. The summed E-state index contributed by atoms with van der Waals surface area (Å²) in [6, 6.07) is 6.30. The van der Waals surface area contributed by atoms with Gasteiger partial charge in [-0.05, 0) is 24.6 Å². The summed E-state index contributed by atoms with van der Waals surface area (Å²) in [6.45, 7) is 2.01. The molecule has 1 amide bonds. The Hall–Kier alpha value is -1.88. The fourth-order valence-electron chi connectivity index (χ4n) is 1.23. The molecule has 0 aliphatic rings. The maximum atomic E-state index is 11.2. The Labute approximate surface area is 99.9 Å². The Morgan fingerprint density at radius 1 is 1.35 bits per heavy atom. The first-order valence-corrected chi connectivity index (χ1v) is 5.25. The fourth-order valence-corrected chi connectivity index (χ4v) is 1.23. The van der Waals surface area contributed by atoms with E-state index in [1.54, 1.807) is 31.2 Å². The molecule has 0 aliphatic carbocycles. The van der Waals surface area contributed by atoms with Gasteiger partial charge < -0.3 is 15.8 Å². The van der Waals surface area contributed by atoms with Crippen molar-refractivity contribution in [1.29, 1.82) is 0 Å². The lowest BCUT2D eigenvalue weighted by atomic mass is 10.1. The Morgan fingerprint density at radius 2 is 1.94 bits per heavy atom. The van der Waals surface area contributed by atoms with Crippen LogP contribution in [-0.4, -0.2) is 25.0 Å². The number of esters is 1. The van der Waals surface area contributed by atoms with E-state index in [9.17, 15) is 9.59 Å². The second-order valence-corrected chi connectivity index (χ2v) is 3.69. The molecule has 0 spiro atoms. The monoisotopic (exact) mass is 236 g/mol. The predicted octanol–water partition coefficient (Wildman–Crippen LogP) is 0.437. The summed E-state index contributed by atoms with van der Waals surface area (Å²) in [5, 5.41) is 2.68. The summed E-state index contributed by atoms with van der Waals surface area (Å²) in [5.41, 5.74) is 6.79. The minimum atomic E-state index is -0.524. The largest absolute Gasteiger partial charge is 0.465 e. The van der Waals surface area contributed by atoms with Gasteiger partial charge in [-0.1, -0.05) is 12.1 Å². The van der Waals surface area contributed by atoms with Gasteiger partial charge in [0.15, 0.2) is 0 Å². The first kappa shape index (κ1) is 13.2. The van der Waals surface area contributed by atoms with Crippen molar-refractivity contribution < 1.29 is 14.3 Å². The highest BCUT2D eigenvalue weighted by Gasteiger charge is 2.07. The standard InChI is InChI=1S/C12H16N2O3/c1-8(13)11(15)14-7-9-3-5-10(6-4-9)12(16)17-2/h3-6,8H,7,13H2,1-2H3,(H,14,15)/t8-/m1/s1. The smallest absolute Gasteiger partial charge is 0.337 e. The van der Waals surface area contributed by atoms with Crippen LogP contribution in [0.15, 0.2) is 24.3 Å². The first-order valence-electron chi connectivity index (χ1n) is 5.25. The van der Waals surface area contributed by atoms with Crippen LogP contribution in [0, 0.1) is 0 Å². The molecule has 1 aromatic carbocycles. The van der Waals surface area contributed by atoms with Crippen molar-refractivity contribution in [2.75, 3.05) is 7.11 Å². The molecule has 0 fully saturated rings. The molecule has 0 radical (unpaired) electrons. The fraction of sp³-hybridized carbons (Fsp3) is 0.333. The van der Waals surface area contributed by atoms with Crippen LogP contribution in [0.4, 0.5) is 0 Å². The van der Waals surface area contributed by atoms with Gasteiger partial charge in [-0.15, -0.1) is 0 Å². The summed E-state index contributed by atoms with van der Waals surface area (Å²) in [6.07, 6.45) is 0. The molecule has 17 heavy (non-hydrogen) atoms. The van der Waals surface area contributed by atoms with Crippen LogP contribution in [0.25, 0.3) is 0 Å². The van der Waals surface area contributed by atoms with Crippen molar-refractivity contribution in [1.82, 2.24) is 5.32 Å². The molecule has 0 heterocycles. The lowest BCUT2D eigenvalue weighted by Crippen LogP contribution is -2.37. The van der Waals surface area contributed by atoms with E-state index in [4.69, 9.17) is 5.73 Å². The van der Waals surface area contributed by atoms with Crippen LogP contribution in [0.5, 0.6) is 0 Å². The van der Waals surface area contributed by atoms with Crippen LogP contribution < -0.4 is 11.1 Å². The first-order chi connectivity index (χ1) is 8.04. The lowest BCUT2D eigenvalue weighted by molar-refractivity contribution is -0.122. The Bertz CT molecular complexity index is 399. The Kier molecular flexibility index (Phi) is 4.66. The summed E-state index contributed by atoms with van der Waals surface area (Å²) in [7, 11) is 1.33. The van der Waals surface area contributed by atoms with E-state index < -0.39 is 6.04 Å². The SMILES string of the molecule is COC(=O)c1ccc(CNC(=O)[C@@H](C)N)cc1. The van der Waals surface area contributed by atoms with Gasteiger partial charge in [0.05, 0.1) is 18.7 Å². The van der Waals surface area contributed by atoms with Gasteiger partial charge >= 0.3 is 5.97 Å². The summed E-state index contributed by atoms with van der Waals surface area (Å²) < 4.78 is 4.58. The minimum absolute atomic E-state index is 0.206. The Morgan fingerprint density at radius 3 is 2.41 bits per heavy atom. The molecule has 0 bridgehead atoms. The minimum Gasteiger partial charge on any atom is -0.465 e. The van der Waals surface area contributed by atoms with E-state index in [0.717, 1.165) is 5.56 Å². The number of carbonyl (C=O) groups is 2. The quantitative estimate of drug-likeness (QED) is 0.743. The zero-order valence-corrected chi connectivity index (χ0v) is 9.90. The van der Waals surface area contributed by atoms with Gasteiger partial charge in [-0.3, -0.25) is 4.79 Å². The third-order valence-electron chi connectivity index (χ3n) is 2.26. The zero-order chi connectivity index (χ0) is 12.8. The number of rotatable bonds is 4. The second-order valence-electron chi connectivity index (χ2n) is 3.69. The number of methoxy groups -OCH3 is 1. The third-order valence-corrected chi connectivity index (χ3v) is 2.26. The number of ether oxygens (including phenoxy) is 1. The van der Waals surface area contributed by atoms with Crippen molar-refractivity contribution >= 4 is 11.9 Å². The molecule has 3 N–H and O–H groups in total. The predicted molar refractivity (Wildman–Crippen MR) is 63.3 cm³/mol. The second kappa shape index (κ2) is 6.00. The number of carbonyl (C=O) groups excluding carboxylic acids is 2. The van der Waals surface area contributed by atoms with Gasteiger partial charge in [-0.2, -0.15) is 0 Å². The molecule has 1 rings (SSSR count). The normalized spacial score (nSPS) is 11.7. The summed E-state index contributed by atoms with van der Waals surface area (Å²) in [4.78, 5) is 22.4. The van der Waals surface area contributed by atoms with Gasteiger partial charge in [0.2, 0.25) is 5.91 Å². The van der Waals surface area contributed by atoms with Crippen LogP contribution in [-0.2, 0) is 16.1 Å². The van der Waals surface area contributed by atoms with E-state index >= 15 is 0 Å². The molecule has 0 unspecified atom stereocenters. The van der Waals surface area contributed by atoms with Crippen LogP contribution in [0.3, 0.4) is 0 Å². The van der Waals surface area contributed by atoms with Crippen molar-refractivity contribution in [3.8, 4) is 0 Å². The topological polar surface area (TPSA) is 81.4 Å². The third kappa shape index (κ3) is 3.88. The molecule has 0 saturated carbocycles. The van der Waals surface area contributed by atoms with Crippen molar-refractivity contribution in [2.24, 2.45) is 5.73 Å². The molecular formula is C12H16N2O3. The highest BCUT2D eigenvalue weighted by atomic mass is 16.5. The van der Waals surface area contributed by atoms with Crippen molar-refractivity contribution in [3.05, 3.63) is 35.4 Å². The number of nitrogens with one attached hydrogen (secondary N) is 1. The van der Waals surface area contributed by atoms with Gasteiger partial charge in [0, 0.05) is 6.54 Å². The zero-order valence-electron chi connectivity index (χ0n) is 9.90. The molecule has 92 valence electrons. The molecule has 0 saturated heterocycles. The molecule has 0 aromatic heterocycles. The Balaban J connectivity index is 2.57. The molecule has 5 nitrogen and oxygen atoms in total. The maximum absolute atomic E-state index is 11.2. The molecule has 1 aromatic rings. The van der Waals surface area contributed by atoms with Gasteiger partial charge in [0.25, 0.3) is 0 Å². The number of hydrogen-bond donors (Lipinski definition) is 2. The number of hydrogen-bond acceptors (Lipinski definition) is 4. The van der Waals surface area contributed by atoms with Gasteiger partial charge in [0.1, 0.15) is 0 Å². The van der Waals surface area contributed by atoms with E-state index in [1.165, 1.54) is 7.11 Å².